The lowest BCUT2D eigenvalue weighted by molar-refractivity contribution is 0.370. The molecule has 0 saturated heterocycles. The van der Waals surface area contributed by atoms with Gasteiger partial charge in [-0.25, -0.2) is 9.97 Å². The molecule has 1 aliphatic rings. The van der Waals surface area contributed by atoms with Gasteiger partial charge in [0.1, 0.15) is 12.1 Å². The number of hydrogen-bond donors (Lipinski definition) is 1. The number of anilines is 1. The van der Waals surface area contributed by atoms with Crippen molar-refractivity contribution in [3.8, 4) is 0 Å². The van der Waals surface area contributed by atoms with Crippen LogP contribution in [0.2, 0.25) is 0 Å². The van der Waals surface area contributed by atoms with Gasteiger partial charge in [0.05, 0.1) is 5.69 Å². The predicted octanol–water partition coefficient (Wildman–Crippen LogP) is 1.09. The van der Waals surface area contributed by atoms with Crippen molar-refractivity contribution in [3.05, 3.63) is 23.7 Å². The molecule has 0 radical (unpaired) electrons. The molecule has 15 heavy (non-hydrogen) atoms. The maximum Gasteiger partial charge on any atom is 0.134 e. The molecular formula is C11H16N4. The third kappa shape index (κ3) is 1.99. The monoisotopic (exact) mass is 204 g/mol. The summed E-state index contributed by atoms with van der Waals surface area (Å²) >= 11 is 0. The van der Waals surface area contributed by atoms with E-state index >= 15 is 0 Å². The van der Waals surface area contributed by atoms with Gasteiger partial charge in [0, 0.05) is 18.7 Å². The van der Waals surface area contributed by atoms with Crippen LogP contribution in [0.5, 0.6) is 0 Å². The molecule has 0 saturated carbocycles. The number of nitrogen functional groups attached to an aromatic ring is 1. The second-order valence-electron chi connectivity index (χ2n) is 3.96. The highest BCUT2D eigenvalue weighted by atomic mass is 15.1. The lowest BCUT2D eigenvalue weighted by Crippen LogP contribution is -2.24. The van der Waals surface area contributed by atoms with Gasteiger partial charge in [0.2, 0.25) is 0 Å². The smallest absolute Gasteiger partial charge is 0.134 e. The van der Waals surface area contributed by atoms with Crippen molar-refractivity contribution in [2.75, 3.05) is 25.9 Å². The summed E-state index contributed by atoms with van der Waals surface area (Å²) in [5, 5.41) is 0. The third-order valence-corrected chi connectivity index (χ3v) is 2.80. The zero-order valence-corrected chi connectivity index (χ0v) is 9.20. The third-order valence-electron chi connectivity index (χ3n) is 2.80. The molecule has 1 aromatic rings. The summed E-state index contributed by atoms with van der Waals surface area (Å²) in [6.07, 6.45) is 4.75. The summed E-state index contributed by atoms with van der Waals surface area (Å²) in [4.78, 5) is 10.5. The van der Waals surface area contributed by atoms with Crippen molar-refractivity contribution in [1.82, 2.24) is 14.9 Å². The fourth-order valence-corrected chi connectivity index (χ4v) is 1.89. The van der Waals surface area contributed by atoms with Crippen LogP contribution in [0, 0.1) is 6.92 Å². The maximum atomic E-state index is 5.88. The summed E-state index contributed by atoms with van der Waals surface area (Å²) in [5.41, 5.74) is 9.17. The molecule has 0 atom stereocenters. The van der Waals surface area contributed by atoms with E-state index in [0.717, 1.165) is 30.8 Å². The molecule has 1 aromatic heterocycles. The fourth-order valence-electron chi connectivity index (χ4n) is 1.89. The van der Waals surface area contributed by atoms with E-state index in [2.05, 4.69) is 28.0 Å². The van der Waals surface area contributed by atoms with Gasteiger partial charge in [-0.3, -0.25) is 0 Å². The van der Waals surface area contributed by atoms with Crippen molar-refractivity contribution >= 4 is 11.4 Å². The van der Waals surface area contributed by atoms with Crippen LogP contribution < -0.4 is 5.73 Å². The highest BCUT2D eigenvalue weighted by Crippen LogP contribution is 2.26. The van der Waals surface area contributed by atoms with Gasteiger partial charge in [-0.2, -0.15) is 0 Å². The molecule has 0 fully saturated rings. The molecule has 2 N–H and O–H groups in total. The molecular weight excluding hydrogens is 188 g/mol. The summed E-state index contributed by atoms with van der Waals surface area (Å²) in [6, 6.07) is 0. The van der Waals surface area contributed by atoms with E-state index in [-0.39, 0.29) is 0 Å². The van der Waals surface area contributed by atoms with Crippen LogP contribution in [-0.2, 0) is 0 Å². The Morgan fingerprint density at radius 1 is 1.40 bits per heavy atom. The van der Waals surface area contributed by atoms with Gasteiger partial charge in [-0.15, -0.1) is 0 Å². The van der Waals surface area contributed by atoms with Gasteiger partial charge in [-0.1, -0.05) is 6.08 Å². The standard InChI is InChI=1S/C11H16N4/c1-8-10(11(12)14-7-13-8)9-3-5-15(2)6-4-9/h3,7H,4-6H2,1-2H3,(H2,12,13,14). The first-order valence-electron chi connectivity index (χ1n) is 5.13. The minimum Gasteiger partial charge on any atom is -0.383 e. The van der Waals surface area contributed by atoms with Crippen LogP contribution >= 0.6 is 0 Å². The fraction of sp³-hybridized carbons (Fsp3) is 0.455. The minimum absolute atomic E-state index is 0.596. The molecule has 2 rings (SSSR count). The molecule has 4 heteroatoms. The molecule has 0 spiro atoms. The van der Waals surface area contributed by atoms with Crippen LogP contribution in [0.15, 0.2) is 12.4 Å². The molecule has 0 unspecified atom stereocenters. The van der Waals surface area contributed by atoms with E-state index in [9.17, 15) is 0 Å². The van der Waals surface area contributed by atoms with Crippen molar-refractivity contribution in [2.45, 2.75) is 13.3 Å². The molecule has 0 aliphatic carbocycles. The first-order chi connectivity index (χ1) is 7.18. The predicted molar refractivity (Wildman–Crippen MR) is 61.3 cm³/mol. The molecule has 0 aromatic carbocycles. The molecule has 4 nitrogen and oxygen atoms in total. The van der Waals surface area contributed by atoms with E-state index in [1.165, 1.54) is 11.9 Å². The van der Waals surface area contributed by atoms with Crippen LogP contribution in [-0.4, -0.2) is 35.0 Å². The van der Waals surface area contributed by atoms with Gasteiger partial charge < -0.3 is 10.6 Å². The van der Waals surface area contributed by atoms with Crippen molar-refractivity contribution in [2.24, 2.45) is 0 Å². The Bertz CT molecular complexity index is 377. The van der Waals surface area contributed by atoms with E-state index < -0.39 is 0 Å². The van der Waals surface area contributed by atoms with Gasteiger partial charge in [0.25, 0.3) is 0 Å². The number of hydrogen-bond acceptors (Lipinski definition) is 4. The SMILES string of the molecule is Cc1ncnc(N)c1C1=CCN(C)CC1. The van der Waals surface area contributed by atoms with E-state index in [1.54, 1.807) is 0 Å². The topological polar surface area (TPSA) is 55.0 Å². The zero-order valence-electron chi connectivity index (χ0n) is 9.20. The molecule has 0 amide bonds. The summed E-state index contributed by atoms with van der Waals surface area (Å²) in [7, 11) is 2.12. The van der Waals surface area contributed by atoms with Gasteiger partial charge >= 0.3 is 0 Å². The van der Waals surface area contributed by atoms with Gasteiger partial charge in [-0.05, 0) is 26.0 Å². The quantitative estimate of drug-likeness (QED) is 0.744. The van der Waals surface area contributed by atoms with Crippen molar-refractivity contribution in [3.63, 3.8) is 0 Å². The summed E-state index contributed by atoms with van der Waals surface area (Å²) in [5.74, 6) is 0.596. The summed E-state index contributed by atoms with van der Waals surface area (Å²) in [6.45, 7) is 4.02. The molecule has 1 aliphatic heterocycles. The second-order valence-corrected chi connectivity index (χ2v) is 3.96. The average Bonchev–Trinajstić information content (AvgIpc) is 2.20. The normalized spacial score (nSPS) is 17.6. The highest BCUT2D eigenvalue weighted by molar-refractivity contribution is 5.75. The highest BCUT2D eigenvalue weighted by Gasteiger charge is 2.14. The van der Waals surface area contributed by atoms with Crippen LogP contribution in [0.4, 0.5) is 5.82 Å². The molecule has 80 valence electrons. The first kappa shape index (κ1) is 10.1. The Kier molecular flexibility index (Phi) is 2.68. The van der Waals surface area contributed by atoms with Crippen LogP contribution in [0.1, 0.15) is 17.7 Å². The lowest BCUT2D eigenvalue weighted by Gasteiger charge is -2.23. The second kappa shape index (κ2) is 3.98. The Labute approximate surface area is 89.8 Å². The van der Waals surface area contributed by atoms with Gasteiger partial charge in [0.15, 0.2) is 0 Å². The van der Waals surface area contributed by atoms with Crippen molar-refractivity contribution < 1.29 is 0 Å². The Balaban J connectivity index is 2.38. The number of likely N-dealkylation sites (N-methyl/N-ethyl adjacent to an activating group) is 1. The Morgan fingerprint density at radius 3 is 2.80 bits per heavy atom. The van der Waals surface area contributed by atoms with E-state index in [0.29, 0.717) is 5.82 Å². The maximum absolute atomic E-state index is 5.88. The largest absolute Gasteiger partial charge is 0.383 e. The first-order valence-corrected chi connectivity index (χ1v) is 5.13. The molecule has 0 bridgehead atoms. The Morgan fingerprint density at radius 2 is 2.20 bits per heavy atom. The van der Waals surface area contributed by atoms with Crippen LogP contribution in [0.3, 0.4) is 0 Å². The minimum atomic E-state index is 0.596. The summed E-state index contributed by atoms with van der Waals surface area (Å²) < 4.78 is 0. The zero-order chi connectivity index (χ0) is 10.8. The lowest BCUT2D eigenvalue weighted by atomic mass is 9.99. The number of aryl methyl sites for hydroxylation is 1. The molecule has 2 heterocycles. The average molecular weight is 204 g/mol. The van der Waals surface area contributed by atoms with Crippen LogP contribution in [0.25, 0.3) is 5.57 Å². The number of rotatable bonds is 1. The number of nitrogens with zero attached hydrogens (tertiary/aromatic N) is 3. The van der Waals surface area contributed by atoms with E-state index in [4.69, 9.17) is 5.73 Å². The van der Waals surface area contributed by atoms with E-state index in [1.807, 2.05) is 6.92 Å². The Hall–Kier alpha value is -1.42. The number of nitrogens with two attached hydrogens (primary N) is 1. The number of aromatic nitrogens is 2. The van der Waals surface area contributed by atoms with Crippen molar-refractivity contribution in [1.29, 1.82) is 0 Å².